The fourth-order valence-corrected chi connectivity index (χ4v) is 1.93. The van der Waals surface area contributed by atoms with Crippen LogP contribution >= 0.6 is 0 Å². The van der Waals surface area contributed by atoms with Gasteiger partial charge in [0.1, 0.15) is 5.75 Å². The van der Waals surface area contributed by atoms with Gasteiger partial charge in [0.25, 0.3) is 0 Å². The number of hydrogen-bond donors (Lipinski definition) is 1. The van der Waals surface area contributed by atoms with Crippen molar-refractivity contribution in [2.45, 2.75) is 38.3 Å². The molecule has 0 heterocycles. The third kappa shape index (κ3) is 3.60. The predicted molar refractivity (Wildman–Crippen MR) is 71.3 cm³/mol. The van der Waals surface area contributed by atoms with Crippen molar-refractivity contribution in [1.29, 1.82) is 0 Å². The van der Waals surface area contributed by atoms with Crippen molar-refractivity contribution in [2.75, 3.05) is 6.54 Å². The van der Waals surface area contributed by atoms with Crippen LogP contribution in [0.2, 0.25) is 0 Å². The quantitative estimate of drug-likeness (QED) is 0.726. The van der Waals surface area contributed by atoms with Crippen LogP contribution < -0.4 is 10.1 Å². The second-order valence-electron chi connectivity index (χ2n) is 4.52. The molecule has 17 heavy (non-hydrogen) atoms. The Morgan fingerprint density at radius 3 is 3.00 bits per heavy atom. The summed E-state index contributed by atoms with van der Waals surface area (Å²) in [6, 6.07) is 8.76. The Balaban J connectivity index is 2.07. The molecule has 2 nitrogen and oxygen atoms in total. The molecule has 0 spiro atoms. The second-order valence-corrected chi connectivity index (χ2v) is 4.52. The molecule has 1 saturated carbocycles. The number of ether oxygens (including phenoxy) is 1. The Labute approximate surface area is 104 Å². The number of benzene rings is 1. The van der Waals surface area contributed by atoms with Gasteiger partial charge in [-0.25, -0.2) is 0 Å². The molecule has 2 heteroatoms. The van der Waals surface area contributed by atoms with Gasteiger partial charge in [-0.3, -0.25) is 0 Å². The van der Waals surface area contributed by atoms with E-state index in [9.17, 15) is 0 Å². The Hall–Kier alpha value is -1.28. The van der Waals surface area contributed by atoms with Gasteiger partial charge in [-0.1, -0.05) is 25.1 Å². The van der Waals surface area contributed by atoms with Crippen molar-refractivity contribution >= 4 is 0 Å². The summed E-state index contributed by atoms with van der Waals surface area (Å²) in [5, 5.41) is 3.47. The highest BCUT2D eigenvalue weighted by atomic mass is 16.5. The zero-order chi connectivity index (χ0) is 12.1. The van der Waals surface area contributed by atoms with E-state index in [-0.39, 0.29) is 0 Å². The van der Waals surface area contributed by atoms with E-state index in [1.807, 2.05) is 12.1 Å². The molecule has 0 saturated heterocycles. The van der Waals surface area contributed by atoms with Crippen LogP contribution in [0, 0.1) is 0 Å². The van der Waals surface area contributed by atoms with E-state index in [0.717, 1.165) is 18.7 Å². The van der Waals surface area contributed by atoms with Crippen LogP contribution in [0.15, 0.2) is 36.9 Å². The van der Waals surface area contributed by atoms with Gasteiger partial charge in [0, 0.05) is 6.04 Å². The van der Waals surface area contributed by atoms with Crippen molar-refractivity contribution in [2.24, 2.45) is 0 Å². The van der Waals surface area contributed by atoms with Gasteiger partial charge in [0.15, 0.2) is 0 Å². The fourth-order valence-electron chi connectivity index (χ4n) is 1.93. The lowest BCUT2D eigenvalue weighted by atomic mass is 10.0. The fraction of sp³-hybridized carbons (Fsp3) is 0.467. The van der Waals surface area contributed by atoms with Gasteiger partial charge in [-0.2, -0.15) is 0 Å². The van der Waals surface area contributed by atoms with Crippen LogP contribution in [-0.2, 0) is 0 Å². The summed E-state index contributed by atoms with van der Waals surface area (Å²) in [6.07, 6.45) is 5.77. The average molecular weight is 231 g/mol. The molecule has 1 aromatic carbocycles. The molecule has 0 aliphatic heterocycles. The van der Waals surface area contributed by atoms with E-state index in [4.69, 9.17) is 4.74 Å². The maximum absolute atomic E-state index is 5.82. The van der Waals surface area contributed by atoms with Crippen molar-refractivity contribution < 1.29 is 4.74 Å². The van der Waals surface area contributed by atoms with E-state index in [0.29, 0.717) is 12.1 Å². The average Bonchev–Trinajstić information content (AvgIpc) is 3.13. The maximum atomic E-state index is 5.82. The summed E-state index contributed by atoms with van der Waals surface area (Å²) < 4.78 is 5.82. The SMILES string of the molecule is C=CCC(NCC)c1cccc(OC2CC2)c1. The first-order valence-corrected chi connectivity index (χ1v) is 6.44. The molecular weight excluding hydrogens is 210 g/mol. The van der Waals surface area contributed by atoms with Crippen molar-refractivity contribution in [3.63, 3.8) is 0 Å². The minimum Gasteiger partial charge on any atom is -0.490 e. The normalized spacial score (nSPS) is 16.5. The molecule has 1 aliphatic rings. The largest absolute Gasteiger partial charge is 0.490 e. The predicted octanol–water partition coefficient (Wildman–Crippen LogP) is 3.45. The Bertz CT molecular complexity index is 371. The molecule has 92 valence electrons. The highest BCUT2D eigenvalue weighted by Crippen LogP contribution is 2.28. The Morgan fingerprint density at radius 1 is 1.53 bits per heavy atom. The summed E-state index contributed by atoms with van der Waals surface area (Å²) in [4.78, 5) is 0. The molecule has 0 aromatic heterocycles. The van der Waals surface area contributed by atoms with Gasteiger partial charge < -0.3 is 10.1 Å². The van der Waals surface area contributed by atoms with Crippen LogP contribution in [0.3, 0.4) is 0 Å². The van der Waals surface area contributed by atoms with E-state index in [2.05, 4.69) is 37.0 Å². The zero-order valence-corrected chi connectivity index (χ0v) is 10.5. The summed E-state index contributed by atoms with van der Waals surface area (Å²) in [6.45, 7) is 6.91. The number of rotatable bonds is 7. The van der Waals surface area contributed by atoms with Crippen LogP contribution in [0.1, 0.15) is 37.8 Å². The first kappa shape index (κ1) is 12.2. The number of nitrogens with one attached hydrogen (secondary N) is 1. The van der Waals surface area contributed by atoms with Crippen molar-refractivity contribution in [1.82, 2.24) is 5.32 Å². The van der Waals surface area contributed by atoms with Gasteiger partial charge in [-0.15, -0.1) is 6.58 Å². The molecule has 1 fully saturated rings. The monoisotopic (exact) mass is 231 g/mol. The van der Waals surface area contributed by atoms with Gasteiger partial charge in [0.05, 0.1) is 6.10 Å². The second kappa shape index (κ2) is 5.87. The smallest absolute Gasteiger partial charge is 0.120 e. The summed E-state index contributed by atoms with van der Waals surface area (Å²) in [5.41, 5.74) is 1.28. The highest BCUT2D eigenvalue weighted by molar-refractivity contribution is 5.31. The van der Waals surface area contributed by atoms with Crippen LogP contribution in [0.25, 0.3) is 0 Å². The lowest BCUT2D eigenvalue weighted by Crippen LogP contribution is -2.20. The van der Waals surface area contributed by atoms with Gasteiger partial charge in [-0.05, 0) is 43.5 Å². The first-order chi connectivity index (χ1) is 8.33. The minimum absolute atomic E-state index is 0.347. The third-order valence-electron chi connectivity index (χ3n) is 2.94. The van der Waals surface area contributed by atoms with Gasteiger partial charge in [0.2, 0.25) is 0 Å². The molecular formula is C15H21NO. The Kier molecular flexibility index (Phi) is 4.21. The molecule has 0 amide bonds. The van der Waals surface area contributed by atoms with E-state index in [1.165, 1.54) is 18.4 Å². The van der Waals surface area contributed by atoms with E-state index >= 15 is 0 Å². The van der Waals surface area contributed by atoms with Crippen LogP contribution in [-0.4, -0.2) is 12.6 Å². The third-order valence-corrected chi connectivity index (χ3v) is 2.94. The molecule has 1 aromatic rings. The standard InChI is InChI=1S/C15H21NO/c1-3-6-15(16-4-2)12-7-5-8-14(11-12)17-13-9-10-13/h3,5,7-8,11,13,15-16H,1,4,6,9-10H2,2H3. The molecule has 1 atom stereocenters. The summed E-state index contributed by atoms with van der Waals surface area (Å²) in [5.74, 6) is 0.997. The maximum Gasteiger partial charge on any atom is 0.120 e. The lowest BCUT2D eigenvalue weighted by Gasteiger charge is -2.17. The first-order valence-electron chi connectivity index (χ1n) is 6.44. The highest BCUT2D eigenvalue weighted by Gasteiger charge is 2.23. The topological polar surface area (TPSA) is 21.3 Å². The summed E-state index contributed by atoms with van der Waals surface area (Å²) >= 11 is 0. The Morgan fingerprint density at radius 2 is 2.35 bits per heavy atom. The summed E-state index contributed by atoms with van der Waals surface area (Å²) in [7, 11) is 0. The number of hydrogen-bond acceptors (Lipinski definition) is 2. The van der Waals surface area contributed by atoms with Crippen LogP contribution in [0.4, 0.5) is 0 Å². The molecule has 1 unspecified atom stereocenters. The molecule has 1 aliphatic carbocycles. The van der Waals surface area contributed by atoms with Gasteiger partial charge >= 0.3 is 0 Å². The van der Waals surface area contributed by atoms with Crippen molar-refractivity contribution in [3.05, 3.63) is 42.5 Å². The molecule has 0 radical (unpaired) electrons. The van der Waals surface area contributed by atoms with Crippen molar-refractivity contribution in [3.8, 4) is 5.75 Å². The zero-order valence-electron chi connectivity index (χ0n) is 10.5. The molecule has 0 bridgehead atoms. The molecule has 1 N–H and O–H groups in total. The molecule has 2 rings (SSSR count). The van der Waals surface area contributed by atoms with Crippen LogP contribution in [0.5, 0.6) is 5.75 Å². The van der Waals surface area contributed by atoms with E-state index < -0.39 is 0 Å². The minimum atomic E-state index is 0.347. The van der Waals surface area contributed by atoms with E-state index in [1.54, 1.807) is 0 Å². The lowest BCUT2D eigenvalue weighted by molar-refractivity contribution is 0.302.